The van der Waals surface area contributed by atoms with Gasteiger partial charge in [-0.05, 0) is 17.7 Å². The maximum atomic E-state index is 11.9. The molecule has 0 aromatic heterocycles. The molecule has 0 aliphatic carbocycles. The molecule has 0 amide bonds. The van der Waals surface area contributed by atoms with Crippen molar-refractivity contribution in [1.82, 2.24) is 0 Å². The minimum absolute atomic E-state index is 0.0563. The molecule has 0 bridgehead atoms. The first-order valence-electron chi connectivity index (χ1n) is 5.92. The number of anilines is 1. The third kappa shape index (κ3) is 2.95. The van der Waals surface area contributed by atoms with E-state index in [1.54, 1.807) is 0 Å². The topological polar surface area (TPSA) is 89.6 Å². The minimum Gasteiger partial charge on any atom is -0.478 e. The fourth-order valence-corrected chi connectivity index (χ4v) is 1.73. The lowest BCUT2D eigenvalue weighted by atomic mass is 10.1. The van der Waals surface area contributed by atoms with E-state index in [0.29, 0.717) is 0 Å². The Morgan fingerprint density at radius 3 is 2.30 bits per heavy atom. The van der Waals surface area contributed by atoms with Crippen LogP contribution >= 0.6 is 0 Å². The maximum absolute atomic E-state index is 11.9. The van der Waals surface area contributed by atoms with Gasteiger partial charge in [0.05, 0.1) is 16.8 Å². The van der Waals surface area contributed by atoms with E-state index in [1.807, 2.05) is 30.3 Å². The number of hydrogen-bond donors (Lipinski definition) is 2. The van der Waals surface area contributed by atoms with E-state index >= 15 is 0 Å². The van der Waals surface area contributed by atoms with Crippen LogP contribution in [0.4, 0.5) is 5.69 Å². The Hall–Kier alpha value is -2.82. The van der Waals surface area contributed by atoms with Gasteiger partial charge in [0.15, 0.2) is 0 Å². The van der Waals surface area contributed by atoms with Crippen molar-refractivity contribution in [1.29, 1.82) is 0 Å². The highest BCUT2D eigenvalue weighted by atomic mass is 16.5. The number of rotatable bonds is 4. The van der Waals surface area contributed by atoms with Gasteiger partial charge in [-0.15, -0.1) is 0 Å². The molecule has 2 rings (SSSR count). The zero-order valence-corrected chi connectivity index (χ0v) is 10.6. The van der Waals surface area contributed by atoms with Crippen LogP contribution in [0.1, 0.15) is 26.3 Å². The van der Waals surface area contributed by atoms with Gasteiger partial charge < -0.3 is 15.6 Å². The second kappa shape index (κ2) is 5.88. The van der Waals surface area contributed by atoms with Gasteiger partial charge in [0.1, 0.15) is 6.61 Å². The molecule has 0 saturated heterocycles. The minimum atomic E-state index is -1.18. The van der Waals surface area contributed by atoms with E-state index in [-0.39, 0.29) is 23.4 Å². The molecular formula is C15H13NO4. The number of hydrogen-bond acceptors (Lipinski definition) is 4. The molecule has 0 radical (unpaired) electrons. The fraction of sp³-hybridized carbons (Fsp3) is 0.0667. The van der Waals surface area contributed by atoms with Crippen LogP contribution in [-0.2, 0) is 11.3 Å². The normalized spacial score (nSPS) is 10.0. The van der Waals surface area contributed by atoms with Crippen LogP contribution in [0.15, 0.2) is 48.5 Å². The van der Waals surface area contributed by atoms with Gasteiger partial charge in [0.25, 0.3) is 0 Å². The summed E-state index contributed by atoms with van der Waals surface area (Å²) >= 11 is 0. The zero-order valence-electron chi connectivity index (χ0n) is 10.6. The molecule has 0 aliphatic heterocycles. The van der Waals surface area contributed by atoms with Gasteiger partial charge in [-0.2, -0.15) is 0 Å². The molecule has 2 aromatic carbocycles. The summed E-state index contributed by atoms with van der Waals surface area (Å²) in [5.74, 6) is -1.82. The van der Waals surface area contributed by atoms with Gasteiger partial charge in [0.2, 0.25) is 0 Å². The summed E-state index contributed by atoms with van der Waals surface area (Å²) < 4.78 is 5.12. The molecular weight excluding hydrogens is 258 g/mol. The Labute approximate surface area is 115 Å². The monoisotopic (exact) mass is 271 g/mol. The summed E-state index contributed by atoms with van der Waals surface area (Å²) in [5.41, 5.74) is 6.37. The Kier molecular flexibility index (Phi) is 4.00. The number of nitrogens with two attached hydrogens (primary N) is 1. The second-order valence-corrected chi connectivity index (χ2v) is 4.13. The van der Waals surface area contributed by atoms with Crippen molar-refractivity contribution in [3.63, 3.8) is 0 Å². The largest absolute Gasteiger partial charge is 0.478 e. The molecule has 0 aliphatic rings. The van der Waals surface area contributed by atoms with Crippen LogP contribution in [0.2, 0.25) is 0 Å². The van der Waals surface area contributed by atoms with Crippen LogP contribution in [0.5, 0.6) is 0 Å². The van der Waals surface area contributed by atoms with Crippen LogP contribution in [0.3, 0.4) is 0 Å². The van der Waals surface area contributed by atoms with Crippen molar-refractivity contribution >= 4 is 17.6 Å². The van der Waals surface area contributed by atoms with E-state index in [9.17, 15) is 9.59 Å². The standard InChI is InChI=1S/C15H13NO4/c16-13-11(14(17)18)7-4-8-12(13)15(19)20-9-10-5-2-1-3-6-10/h1-8H,9,16H2,(H,17,18). The van der Waals surface area contributed by atoms with Crippen LogP contribution in [0.25, 0.3) is 0 Å². The molecule has 0 spiro atoms. The number of carbonyl (C=O) groups is 2. The Morgan fingerprint density at radius 2 is 1.65 bits per heavy atom. The first-order chi connectivity index (χ1) is 9.59. The van der Waals surface area contributed by atoms with Gasteiger partial charge in [-0.3, -0.25) is 0 Å². The predicted octanol–water partition coefficient (Wildman–Crippen LogP) is 2.32. The number of carbonyl (C=O) groups excluding carboxylic acids is 1. The molecule has 0 saturated carbocycles. The first kappa shape index (κ1) is 13.6. The van der Waals surface area contributed by atoms with Crippen LogP contribution < -0.4 is 5.73 Å². The zero-order chi connectivity index (χ0) is 14.5. The van der Waals surface area contributed by atoms with Crippen LogP contribution in [-0.4, -0.2) is 17.0 Å². The third-order valence-corrected chi connectivity index (χ3v) is 2.77. The van der Waals surface area contributed by atoms with E-state index < -0.39 is 11.9 Å². The van der Waals surface area contributed by atoms with Crippen molar-refractivity contribution in [2.24, 2.45) is 0 Å². The molecule has 5 nitrogen and oxygen atoms in total. The lowest BCUT2D eigenvalue weighted by molar-refractivity contribution is 0.0474. The highest BCUT2D eigenvalue weighted by molar-refractivity contribution is 6.02. The first-order valence-corrected chi connectivity index (χ1v) is 5.92. The third-order valence-electron chi connectivity index (χ3n) is 2.77. The molecule has 102 valence electrons. The SMILES string of the molecule is Nc1c(C(=O)O)cccc1C(=O)OCc1ccccc1. The van der Waals surface area contributed by atoms with E-state index in [0.717, 1.165) is 5.56 Å². The second-order valence-electron chi connectivity index (χ2n) is 4.13. The molecule has 0 heterocycles. The molecule has 3 N–H and O–H groups in total. The number of carboxylic acids is 1. The van der Waals surface area contributed by atoms with Crippen molar-refractivity contribution in [2.75, 3.05) is 5.73 Å². The predicted molar refractivity (Wildman–Crippen MR) is 73.4 cm³/mol. The lowest BCUT2D eigenvalue weighted by Crippen LogP contribution is -2.12. The number of carboxylic acid groups (broad SMARTS) is 1. The number of ether oxygens (including phenoxy) is 1. The van der Waals surface area contributed by atoms with Gasteiger partial charge in [0, 0.05) is 0 Å². The van der Waals surface area contributed by atoms with Gasteiger partial charge in [-0.1, -0.05) is 36.4 Å². The highest BCUT2D eigenvalue weighted by Gasteiger charge is 2.17. The summed E-state index contributed by atoms with van der Waals surface area (Å²) in [5, 5.41) is 8.95. The molecule has 0 unspecified atom stereocenters. The summed E-state index contributed by atoms with van der Waals surface area (Å²) in [6.45, 7) is 0.108. The summed E-state index contributed by atoms with van der Waals surface area (Å²) in [7, 11) is 0. The van der Waals surface area contributed by atoms with Crippen molar-refractivity contribution < 1.29 is 19.4 Å². The number of aromatic carboxylic acids is 1. The summed E-state index contributed by atoms with van der Waals surface area (Å²) in [4.78, 5) is 22.9. The van der Waals surface area contributed by atoms with E-state index in [1.165, 1.54) is 18.2 Å². The van der Waals surface area contributed by atoms with Gasteiger partial charge >= 0.3 is 11.9 Å². The molecule has 5 heteroatoms. The Balaban J connectivity index is 2.14. The molecule has 2 aromatic rings. The van der Waals surface area contributed by atoms with Crippen molar-refractivity contribution in [3.8, 4) is 0 Å². The van der Waals surface area contributed by atoms with Crippen LogP contribution in [0, 0.1) is 0 Å². The van der Waals surface area contributed by atoms with Crippen molar-refractivity contribution in [3.05, 3.63) is 65.2 Å². The van der Waals surface area contributed by atoms with E-state index in [4.69, 9.17) is 15.6 Å². The van der Waals surface area contributed by atoms with Gasteiger partial charge in [-0.25, -0.2) is 9.59 Å². The molecule has 20 heavy (non-hydrogen) atoms. The smallest absolute Gasteiger partial charge is 0.340 e. The molecule has 0 fully saturated rings. The summed E-state index contributed by atoms with van der Waals surface area (Å²) in [6, 6.07) is 13.4. The summed E-state index contributed by atoms with van der Waals surface area (Å²) in [6.07, 6.45) is 0. The Morgan fingerprint density at radius 1 is 1.00 bits per heavy atom. The average Bonchev–Trinajstić information content (AvgIpc) is 2.46. The number of nitrogen functional groups attached to an aromatic ring is 1. The van der Waals surface area contributed by atoms with Crippen molar-refractivity contribution in [2.45, 2.75) is 6.61 Å². The fourth-order valence-electron chi connectivity index (χ4n) is 1.73. The quantitative estimate of drug-likeness (QED) is 0.658. The number of para-hydroxylation sites is 1. The number of benzene rings is 2. The maximum Gasteiger partial charge on any atom is 0.340 e. The highest BCUT2D eigenvalue weighted by Crippen LogP contribution is 2.19. The average molecular weight is 271 g/mol. The van der Waals surface area contributed by atoms with E-state index in [2.05, 4.69) is 0 Å². The Bertz CT molecular complexity index is 638. The lowest BCUT2D eigenvalue weighted by Gasteiger charge is -2.08. The number of esters is 1. The molecule has 0 atom stereocenters.